The van der Waals surface area contributed by atoms with Crippen molar-refractivity contribution in [2.75, 3.05) is 6.54 Å². The minimum Gasteiger partial charge on any atom is -0.444 e. The molecule has 4 nitrogen and oxygen atoms in total. The van der Waals surface area contributed by atoms with Crippen LogP contribution in [-0.2, 0) is 9.53 Å². The number of carbonyl (C=O) groups is 2. The van der Waals surface area contributed by atoms with Gasteiger partial charge in [-0.15, -0.1) is 0 Å². The van der Waals surface area contributed by atoms with E-state index >= 15 is 0 Å². The molecule has 0 bridgehead atoms. The molecule has 17 heavy (non-hydrogen) atoms. The highest BCUT2D eigenvalue weighted by atomic mass is 16.6. The third-order valence-corrected chi connectivity index (χ3v) is 3.06. The summed E-state index contributed by atoms with van der Waals surface area (Å²) in [7, 11) is 0. The molecule has 1 rings (SSSR count). The first-order valence-corrected chi connectivity index (χ1v) is 6.24. The molecule has 98 valence electrons. The Bertz CT molecular complexity index is 306. The third-order valence-electron chi connectivity index (χ3n) is 3.06. The average Bonchev–Trinajstić information content (AvgIpc) is 2.58. The molecule has 1 fully saturated rings. The van der Waals surface area contributed by atoms with Crippen LogP contribution in [0.3, 0.4) is 0 Å². The highest BCUT2D eigenvalue weighted by Gasteiger charge is 2.38. The van der Waals surface area contributed by atoms with Gasteiger partial charge in [0.05, 0.1) is 6.04 Å². The molecular weight excluding hydrogens is 218 g/mol. The van der Waals surface area contributed by atoms with Gasteiger partial charge >= 0.3 is 6.09 Å². The Kier molecular flexibility index (Phi) is 4.17. The molecule has 0 radical (unpaired) electrons. The summed E-state index contributed by atoms with van der Waals surface area (Å²) in [5.74, 6) is 0.461. The lowest BCUT2D eigenvalue weighted by atomic mass is 10.0. The van der Waals surface area contributed by atoms with E-state index in [1.165, 1.54) is 0 Å². The molecule has 1 aliphatic rings. The van der Waals surface area contributed by atoms with Crippen molar-refractivity contribution in [2.24, 2.45) is 5.92 Å². The number of rotatable bonds is 2. The monoisotopic (exact) mass is 241 g/mol. The van der Waals surface area contributed by atoms with Crippen LogP contribution in [0, 0.1) is 5.92 Å². The van der Waals surface area contributed by atoms with E-state index < -0.39 is 5.60 Å². The van der Waals surface area contributed by atoms with Gasteiger partial charge < -0.3 is 4.74 Å². The SMILES string of the molecule is CCC1C[C@@H](C(C)=O)N(C(=O)OC(C)(C)C)C1. The van der Waals surface area contributed by atoms with Crippen LogP contribution in [0.15, 0.2) is 0 Å². The topological polar surface area (TPSA) is 46.6 Å². The molecule has 1 amide bonds. The van der Waals surface area contributed by atoms with Crippen molar-refractivity contribution in [2.45, 2.75) is 59.1 Å². The van der Waals surface area contributed by atoms with Crippen LogP contribution in [0.5, 0.6) is 0 Å². The lowest BCUT2D eigenvalue weighted by Gasteiger charge is -2.27. The summed E-state index contributed by atoms with van der Waals surface area (Å²) in [5.41, 5.74) is -0.511. The zero-order valence-corrected chi connectivity index (χ0v) is 11.4. The molecule has 0 aromatic rings. The zero-order valence-electron chi connectivity index (χ0n) is 11.4. The number of ether oxygens (including phenoxy) is 1. The summed E-state index contributed by atoms with van der Waals surface area (Å²) in [6, 6.07) is -0.296. The second-order valence-electron chi connectivity index (χ2n) is 5.77. The first-order valence-electron chi connectivity index (χ1n) is 6.24. The summed E-state index contributed by atoms with van der Waals surface area (Å²) in [4.78, 5) is 25.1. The van der Waals surface area contributed by atoms with Crippen LogP contribution in [0.1, 0.15) is 47.5 Å². The minimum absolute atomic E-state index is 0.0480. The largest absolute Gasteiger partial charge is 0.444 e. The van der Waals surface area contributed by atoms with Crippen LogP contribution in [0.2, 0.25) is 0 Å². The smallest absolute Gasteiger partial charge is 0.410 e. The lowest BCUT2D eigenvalue weighted by molar-refractivity contribution is -0.121. The number of hydrogen-bond acceptors (Lipinski definition) is 3. The van der Waals surface area contributed by atoms with Gasteiger partial charge in [-0.1, -0.05) is 13.3 Å². The number of carbonyl (C=O) groups excluding carboxylic acids is 2. The first kappa shape index (κ1) is 14.0. The van der Waals surface area contributed by atoms with E-state index in [9.17, 15) is 9.59 Å². The van der Waals surface area contributed by atoms with Gasteiger partial charge in [0.2, 0.25) is 0 Å². The normalized spacial score (nSPS) is 24.9. The maximum Gasteiger partial charge on any atom is 0.410 e. The number of likely N-dealkylation sites (tertiary alicyclic amines) is 1. The molecule has 0 N–H and O–H groups in total. The number of Topliss-reactive ketones (excluding diaryl/α,β-unsaturated/α-hetero) is 1. The summed E-state index contributed by atoms with van der Waals surface area (Å²) in [6.07, 6.45) is 1.39. The summed E-state index contributed by atoms with van der Waals surface area (Å²) < 4.78 is 5.33. The van der Waals surface area contributed by atoms with Gasteiger partial charge in [0.1, 0.15) is 5.60 Å². The molecule has 0 aromatic carbocycles. The number of nitrogens with zero attached hydrogens (tertiary/aromatic N) is 1. The molecule has 0 aromatic heterocycles. The molecule has 0 saturated carbocycles. The van der Waals surface area contributed by atoms with Crippen LogP contribution in [0.25, 0.3) is 0 Å². The van der Waals surface area contributed by atoms with Crippen LogP contribution in [0.4, 0.5) is 4.79 Å². The Balaban J connectivity index is 2.73. The predicted molar refractivity (Wildman–Crippen MR) is 65.8 cm³/mol. The second kappa shape index (κ2) is 5.07. The van der Waals surface area contributed by atoms with Crippen molar-refractivity contribution in [3.05, 3.63) is 0 Å². The maximum atomic E-state index is 12.0. The van der Waals surface area contributed by atoms with Crippen LogP contribution >= 0.6 is 0 Å². The van der Waals surface area contributed by atoms with Crippen molar-refractivity contribution >= 4 is 11.9 Å². The van der Waals surface area contributed by atoms with E-state index in [0.717, 1.165) is 12.8 Å². The van der Waals surface area contributed by atoms with E-state index in [1.54, 1.807) is 11.8 Å². The van der Waals surface area contributed by atoms with Gasteiger partial charge in [-0.2, -0.15) is 0 Å². The third kappa shape index (κ3) is 3.72. The quantitative estimate of drug-likeness (QED) is 0.746. The first-order chi connectivity index (χ1) is 7.74. The molecule has 1 heterocycles. The summed E-state index contributed by atoms with van der Waals surface area (Å²) >= 11 is 0. The van der Waals surface area contributed by atoms with Gasteiger partial charge in [0.15, 0.2) is 5.78 Å². The molecule has 0 aliphatic carbocycles. The minimum atomic E-state index is -0.511. The molecule has 2 atom stereocenters. The molecule has 0 spiro atoms. The molecule has 1 unspecified atom stereocenters. The van der Waals surface area contributed by atoms with Crippen molar-refractivity contribution in [3.63, 3.8) is 0 Å². The second-order valence-corrected chi connectivity index (χ2v) is 5.77. The van der Waals surface area contributed by atoms with Crippen molar-refractivity contribution in [1.82, 2.24) is 4.90 Å². The Hall–Kier alpha value is -1.06. The van der Waals surface area contributed by atoms with Gasteiger partial charge in [-0.25, -0.2) is 4.79 Å². The van der Waals surface area contributed by atoms with E-state index in [1.807, 2.05) is 20.8 Å². The predicted octanol–water partition coefficient (Wildman–Crippen LogP) is 2.61. The standard InChI is InChI=1S/C13H23NO3/c1-6-10-7-11(9(2)15)14(8-10)12(16)17-13(3,4)5/h10-11H,6-8H2,1-5H3/t10?,11-/m0/s1. The highest BCUT2D eigenvalue weighted by Crippen LogP contribution is 2.27. The van der Waals surface area contributed by atoms with Crippen molar-refractivity contribution in [3.8, 4) is 0 Å². The Morgan fingerprint density at radius 1 is 1.35 bits per heavy atom. The van der Waals surface area contributed by atoms with Gasteiger partial charge in [-0.3, -0.25) is 9.69 Å². The fourth-order valence-electron chi connectivity index (χ4n) is 2.13. The summed E-state index contributed by atoms with van der Waals surface area (Å²) in [6.45, 7) is 9.76. The van der Waals surface area contributed by atoms with Crippen molar-refractivity contribution < 1.29 is 14.3 Å². The maximum absolute atomic E-state index is 12.0. The van der Waals surface area contributed by atoms with Gasteiger partial charge in [0.25, 0.3) is 0 Å². The number of ketones is 1. The zero-order chi connectivity index (χ0) is 13.2. The van der Waals surface area contributed by atoms with Crippen LogP contribution in [-0.4, -0.2) is 35.0 Å². The van der Waals surface area contributed by atoms with E-state index in [0.29, 0.717) is 12.5 Å². The Morgan fingerprint density at radius 3 is 2.35 bits per heavy atom. The molecule has 4 heteroatoms. The molecular formula is C13H23NO3. The van der Waals surface area contributed by atoms with Crippen LogP contribution < -0.4 is 0 Å². The van der Waals surface area contributed by atoms with Gasteiger partial charge in [0, 0.05) is 6.54 Å². The molecule has 1 aliphatic heterocycles. The van der Waals surface area contributed by atoms with E-state index in [2.05, 4.69) is 6.92 Å². The average molecular weight is 241 g/mol. The lowest BCUT2D eigenvalue weighted by Crippen LogP contribution is -2.42. The fraction of sp³-hybridized carbons (Fsp3) is 0.846. The van der Waals surface area contributed by atoms with Gasteiger partial charge in [-0.05, 0) is 40.0 Å². The van der Waals surface area contributed by atoms with Crippen molar-refractivity contribution in [1.29, 1.82) is 0 Å². The van der Waals surface area contributed by atoms with E-state index in [4.69, 9.17) is 4.74 Å². The highest BCUT2D eigenvalue weighted by molar-refractivity contribution is 5.86. The fourth-order valence-corrected chi connectivity index (χ4v) is 2.13. The molecule has 1 saturated heterocycles. The number of amides is 1. The Morgan fingerprint density at radius 2 is 1.94 bits per heavy atom. The Labute approximate surface area is 103 Å². The number of hydrogen-bond donors (Lipinski definition) is 0. The summed E-state index contributed by atoms with van der Waals surface area (Å²) in [5, 5.41) is 0. The van der Waals surface area contributed by atoms with E-state index in [-0.39, 0.29) is 17.9 Å².